The lowest BCUT2D eigenvalue weighted by molar-refractivity contribution is -0.122. The van der Waals surface area contributed by atoms with Crippen molar-refractivity contribution in [3.63, 3.8) is 0 Å². The Morgan fingerprint density at radius 3 is 2.48 bits per heavy atom. The first-order valence-corrected chi connectivity index (χ1v) is 7.08. The van der Waals surface area contributed by atoms with Gasteiger partial charge in [0, 0.05) is 12.6 Å². The van der Waals surface area contributed by atoms with E-state index in [0.717, 1.165) is 19.3 Å². The molecule has 1 saturated carbocycles. The highest BCUT2D eigenvalue weighted by atomic mass is 19.1. The van der Waals surface area contributed by atoms with E-state index in [2.05, 4.69) is 10.6 Å². The van der Waals surface area contributed by atoms with E-state index in [4.69, 9.17) is 5.73 Å². The van der Waals surface area contributed by atoms with Crippen LogP contribution in [-0.4, -0.2) is 17.4 Å². The summed E-state index contributed by atoms with van der Waals surface area (Å²) in [6.45, 7) is 1.36. The normalized spacial score (nSPS) is 17.1. The number of anilines is 2. The molecule has 6 heteroatoms. The van der Waals surface area contributed by atoms with Gasteiger partial charge in [-0.25, -0.2) is 4.39 Å². The highest BCUT2D eigenvalue weighted by molar-refractivity contribution is 5.99. The first kappa shape index (κ1) is 15.4. The number of nitrogens with one attached hydrogen (secondary N) is 2. The Morgan fingerprint density at radius 2 is 1.86 bits per heavy atom. The van der Waals surface area contributed by atoms with Gasteiger partial charge in [0.15, 0.2) is 0 Å². The van der Waals surface area contributed by atoms with Gasteiger partial charge in [-0.15, -0.1) is 0 Å². The number of hydrogen-bond acceptors (Lipinski definition) is 3. The van der Waals surface area contributed by atoms with Crippen LogP contribution in [0.5, 0.6) is 0 Å². The molecular formula is C15H20FN3O2. The van der Waals surface area contributed by atoms with E-state index < -0.39 is 11.4 Å². The standard InChI is InChI=1S/C15H20FN3O2/c1-10(20)18-11-5-6-12(16)13(9-11)19-14(21)15(17)7-3-2-4-8-15/h5-6,9H,2-4,7-8,17H2,1H3,(H,18,20)(H,19,21). The van der Waals surface area contributed by atoms with Gasteiger partial charge in [0.1, 0.15) is 5.82 Å². The predicted octanol–water partition coefficient (Wildman–Crippen LogP) is 2.38. The molecule has 0 unspecified atom stereocenters. The van der Waals surface area contributed by atoms with E-state index in [1.807, 2.05) is 0 Å². The zero-order valence-electron chi connectivity index (χ0n) is 12.0. The second kappa shape index (κ2) is 6.22. The summed E-state index contributed by atoms with van der Waals surface area (Å²) in [5.41, 5.74) is 5.63. The van der Waals surface area contributed by atoms with E-state index >= 15 is 0 Å². The Labute approximate surface area is 123 Å². The zero-order valence-corrected chi connectivity index (χ0v) is 12.0. The molecule has 4 N–H and O–H groups in total. The lowest BCUT2D eigenvalue weighted by Gasteiger charge is -2.31. The van der Waals surface area contributed by atoms with Crippen LogP contribution < -0.4 is 16.4 Å². The molecule has 0 spiro atoms. The quantitative estimate of drug-likeness (QED) is 0.800. The molecule has 21 heavy (non-hydrogen) atoms. The van der Waals surface area contributed by atoms with Crippen molar-refractivity contribution >= 4 is 23.2 Å². The van der Waals surface area contributed by atoms with E-state index in [1.54, 1.807) is 0 Å². The highest BCUT2D eigenvalue weighted by Gasteiger charge is 2.35. The molecule has 0 bridgehead atoms. The number of carbonyl (C=O) groups is 2. The molecule has 0 aromatic heterocycles. The maximum Gasteiger partial charge on any atom is 0.244 e. The van der Waals surface area contributed by atoms with Crippen molar-refractivity contribution in [3.05, 3.63) is 24.0 Å². The Hall–Kier alpha value is -1.95. The predicted molar refractivity (Wildman–Crippen MR) is 79.3 cm³/mol. The molecule has 2 amide bonds. The summed E-state index contributed by atoms with van der Waals surface area (Å²) in [7, 11) is 0. The van der Waals surface area contributed by atoms with Crippen molar-refractivity contribution in [2.75, 3.05) is 10.6 Å². The van der Waals surface area contributed by atoms with Gasteiger partial charge in [-0.3, -0.25) is 9.59 Å². The third-order valence-electron chi connectivity index (χ3n) is 3.73. The molecule has 114 valence electrons. The number of hydrogen-bond donors (Lipinski definition) is 3. The minimum absolute atomic E-state index is 0.0293. The summed E-state index contributed by atoms with van der Waals surface area (Å²) in [5, 5.41) is 5.09. The Morgan fingerprint density at radius 1 is 1.19 bits per heavy atom. The molecule has 5 nitrogen and oxygen atoms in total. The fraction of sp³-hybridized carbons (Fsp3) is 0.467. The number of benzene rings is 1. The van der Waals surface area contributed by atoms with Gasteiger partial charge in [0.25, 0.3) is 0 Å². The van der Waals surface area contributed by atoms with E-state index in [-0.39, 0.29) is 17.5 Å². The first-order valence-electron chi connectivity index (χ1n) is 7.08. The average Bonchev–Trinajstić information content (AvgIpc) is 2.42. The van der Waals surface area contributed by atoms with E-state index in [1.165, 1.54) is 25.1 Å². The fourth-order valence-corrected chi connectivity index (χ4v) is 2.56. The number of nitrogens with two attached hydrogens (primary N) is 1. The average molecular weight is 293 g/mol. The van der Waals surface area contributed by atoms with Gasteiger partial charge in [0.05, 0.1) is 11.2 Å². The molecule has 1 aromatic rings. The van der Waals surface area contributed by atoms with Crippen LogP contribution in [-0.2, 0) is 9.59 Å². The van der Waals surface area contributed by atoms with E-state index in [0.29, 0.717) is 18.5 Å². The van der Waals surface area contributed by atoms with Crippen molar-refractivity contribution in [3.8, 4) is 0 Å². The van der Waals surface area contributed by atoms with Gasteiger partial charge in [-0.05, 0) is 31.0 Å². The van der Waals surface area contributed by atoms with Crippen LogP contribution in [0, 0.1) is 5.82 Å². The lowest BCUT2D eigenvalue weighted by Crippen LogP contribution is -2.52. The van der Waals surface area contributed by atoms with Crippen LogP contribution in [0.1, 0.15) is 39.0 Å². The summed E-state index contributed by atoms with van der Waals surface area (Å²) in [6, 6.07) is 4.02. The van der Waals surface area contributed by atoms with Gasteiger partial charge in [-0.1, -0.05) is 19.3 Å². The van der Waals surface area contributed by atoms with Gasteiger partial charge >= 0.3 is 0 Å². The Bertz CT molecular complexity index is 554. The molecule has 1 aromatic carbocycles. The second-order valence-corrected chi connectivity index (χ2v) is 5.55. The van der Waals surface area contributed by atoms with Crippen LogP contribution >= 0.6 is 0 Å². The number of halogens is 1. The maximum atomic E-state index is 13.8. The molecule has 0 heterocycles. The minimum Gasteiger partial charge on any atom is -0.326 e. The van der Waals surface area contributed by atoms with Crippen molar-refractivity contribution < 1.29 is 14.0 Å². The number of amides is 2. The monoisotopic (exact) mass is 293 g/mol. The maximum absolute atomic E-state index is 13.8. The molecule has 0 saturated heterocycles. The topological polar surface area (TPSA) is 84.2 Å². The zero-order chi connectivity index (χ0) is 15.5. The molecule has 1 aliphatic carbocycles. The summed E-state index contributed by atoms with van der Waals surface area (Å²) in [4.78, 5) is 23.3. The van der Waals surface area contributed by atoms with Crippen LogP contribution in [0.3, 0.4) is 0 Å². The van der Waals surface area contributed by atoms with Crippen molar-refractivity contribution in [2.24, 2.45) is 5.73 Å². The first-order chi connectivity index (χ1) is 9.90. The molecule has 1 aliphatic rings. The van der Waals surface area contributed by atoms with Crippen molar-refractivity contribution in [1.82, 2.24) is 0 Å². The molecule has 0 atom stereocenters. The number of carbonyl (C=O) groups excluding carboxylic acids is 2. The summed E-state index contributed by atoms with van der Waals surface area (Å²) < 4.78 is 13.8. The molecule has 1 fully saturated rings. The molecule has 0 radical (unpaired) electrons. The summed E-state index contributed by atoms with van der Waals surface area (Å²) >= 11 is 0. The summed E-state index contributed by atoms with van der Waals surface area (Å²) in [6.07, 6.45) is 4.08. The second-order valence-electron chi connectivity index (χ2n) is 5.55. The lowest BCUT2D eigenvalue weighted by atomic mass is 9.82. The molecule has 2 rings (SSSR count). The number of rotatable bonds is 3. The third kappa shape index (κ3) is 3.78. The summed E-state index contributed by atoms with van der Waals surface area (Å²) in [5.74, 6) is -1.20. The van der Waals surface area contributed by atoms with Crippen LogP contribution in [0.2, 0.25) is 0 Å². The van der Waals surface area contributed by atoms with E-state index in [9.17, 15) is 14.0 Å². The Kier molecular flexibility index (Phi) is 4.57. The SMILES string of the molecule is CC(=O)Nc1ccc(F)c(NC(=O)C2(N)CCCCC2)c1. The minimum atomic E-state index is -0.936. The van der Waals surface area contributed by atoms with Crippen LogP contribution in [0.4, 0.5) is 15.8 Å². The smallest absolute Gasteiger partial charge is 0.244 e. The molecule has 0 aliphatic heterocycles. The van der Waals surface area contributed by atoms with Gasteiger partial charge in [0.2, 0.25) is 11.8 Å². The Balaban J connectivity index is 2.14. The van der Waals surface area contributed by atoms with Crippen molar-refractivity contribution in [1.29, 1.82) is 0 Å². The van der Waals surface area contributed by atoms with Gasteiger partial charge < -0.3 is 16.4 Å². The van der Waals surface area contributed by atoms with Crippen LogP contribution in [0.15, 0.2) is 18.2 Å². The van der Waals surface area contributed by atoms with Crippen molar-refractivity contribution in [2.45, 2.75) is 44.6 Å². The van der Waals surface area contributed by atoms with Gasteiger partial charge in [-0.2, -0.15) is 0 Å². The highest BCUT2D eigenvalue weighted by Crippen LogP contribution is 2.28. The fourth-order valence-electron chi connectivity index (χ4n) is 2.56. The largest absolute Gasteiger partial charge is 0.326 e. The van der Waals surface area contributed by atoms with Crippen LogP contribution in [0.25, 0.3) is 0 Å². The third-order valence-corrected chi connectivity index (χ3v) is 3.73. The molecular weight excluding hydrogens is 273 g/mol.